The molecule has 3 rings (SSSR count). The Morgan fingerprint density at radius 1 is 1.23 bits per heavy atom. The van der Waals surface area contributed by atoms with Crippen LogP contribution in [0, 0.1) is 0 Å². The summed E-state index contributed by atoms with van der Waals surface area (Å²) in [7, 11) is 1.71. The summed E-state index contributed by atoms with van der Waals surface area (Å²) in [6, 6.07) is 8.13. The first kappa shape index (κ1) is 25.2. The van der Waals surface area contributed by atoms with E-state index in [4.69, 9.17) is 19.0 Å². The summed E-state index contributed by atoms with van der Waals surface area (Å²) in [5.41, 5.74) is 1.13. The smallest absolute Gasteiger partial charge is 0.248 e. The summed E-state index contributed by atoms with van der Waals surface area (Å²) in [5, 5.41) is 7.37. The zero-order valence-corrected chi connectivity index (χ0v) is 21.0. The molecule has 0 bridgehead atoms. The lowest BCUT2D eigenvalue weighted by molar-refractivity contribution is 0.0683. The van der Waals surface area contributed by atoms with Gasteiger partial charge in [-0.3, -0.25) is 0 Å². The SMILES string of the molecule is CCNC(=NCc1nc(C(C)OCC)no1)N1CCN(c2ccccc2OC)CC1.I. The number of nitrogens with zero attached hydrogens (tertiary/aromatic N) is 5. The predicted molar refractivity (Wildman–Crippen MR) is 131 cm³/mol. The van der Waals surface area contributed by atoms with Gasteiger partial charge in [0.2, 0.25) is 5.89 Å². The van der Waals surface area contributed by atoms with Gasteiger partial charge in [0.15, 0.2) is 11.8 Å². The first-order chi connectivity index (χ1) is 14.7. The van der Waals surface area contributed by atoms with E-state index in [0.717, 1.165) is 50.1 Å². The van der Waals surface area contributed by atoms with Crippen LogP contribution in [0.25, 0.3) is 0 Å². The fourth-order valence-corrected chi connectivity index (χ4v) is 3.44. The maximum absolute atomic E-state index is 5.51. The van der Waals surface area contributed by atoms with Crippen molar-refractivity contribution in [1.29, 1.82) is 0 Å². The van der Waals surface area contributed by atoms with Crippen molar-refractivity contribution in [3.63, 3.8) is 0 Å². The summed E-state index contributed by atoms with van der Waals surface area (Å²) in [4.78, 5) is 13.7. The van der Waals surface area contributed by atoms with Crippen LogP contribution < -0.4 is 15.0 Å². The molecule has 1 unspecified atom stereocenters. The van der Waals surface area contributed by atoms with Crippen molar-refractivity contribution in [2.75, 3.05) is 51.3 Å². The van der Waals surface area contributed by atoms with Gasteiger partial charge >= 0.3 is 0 Å². The van der Waals surface area contributed by atoms with E-state index in [-0.39, 0.29) is 30.1 Å². The molecule has 172 valence electrons. The first-order valence-corrected chi connectivity index (χ1v) is 10.5. The van der Waals surface area contributed by atoms with Crippen molar-refractivity contribution in [2.24, 2.45) is 4.99 Å². The third kappa shape index (κ3) is 6.70. The van der Waals surface area contributed by atoms with Crippen LogP contribution in [0.3, 0.4) is 0 Å². The summed E-state index contributed by atoms with van der Waals surface area (Å²) in [5.74, 6) is 2.80. The van der Waals surface area contributed by atoms with Crippen molar-refractivity contribution >= 4 is 35.6 Å². The molecule has 10 heteroatoms. The highest BCUT2D eigenvalue weighted by molar-refractivity contribution is 14.0. The van der Waals surface area contributed by atoms with Crippen LogP contribution in [0.1, 0.15) is 38.6 Å². The Kier molecular flexibility index (Phi) is 10.3. The van der Waals surface area contributed by atoms with Gasteiger partial charge in [0, 0.05) is 39.3 Å². The Morgan fingerprint density at radius 2 is 1.97 bits per heavy atom. The molecule has 2 aromatic rings. The highest BCUT2D eigenvalue weighted by atomic mass is 127. The lowest BCUT2D eigenvalue weighted by atomic mass is 10.2. The number of aromatic nitrogens is 2. The third-order valence-corrected chi connectivity index (χ3v) is 4.97. The minimum atomic E-state index is -0.187. The van der Waals surface area contributed by atoms with Crippen molar-refractivity contribution in [2.45, 2.75) is 33.4 Å². The Hall–Kier alpha value is -2.08. The van der Waals surface area contributed by atoms with Gasteiger partial charge in [-0.15, -0.1) is 24.0 Å². The molecular formula is C21H33IN6O3. The van der Waals surface area contributed by atoms with Gasteiger partial charge in [0.05, 0.1) is 12.8 Å². The van der Waals surface area contributed by atoms with Crippen LogP contribution in [0.4, 0.5) is 5.69 Å². The molecule has 1 saturated heterocycles. The quantitative estimate of drug-likeness (QED) is 0.308. The largest absolute Gasteiger partial charge is 0.495 e. The molecule has 9 nitrogen and oxygen atoms in total. The lowest BCUT2D eigenvalue weighted by Gasteiger charge is -2.38. The fourth-order valence-electron chi connectivity index (χ4n) is 3.44. The molecule has 2 heterocycles. The normalized spacial score (nSPS) is 15.4. The van der Waals surface area contributed by atoms with E-state index < -0.39 is 0 Å². The molecule has 0 saturated carbocycles. The molecular weight excluding hydrogens is 511 g/mol. The molecule has 1 aromatic carbocycles. The van der Waals surface area contributed by atoms with Crippen molar-refractivity contribution < 1.29 is 14.0 Å². The molecule has 0 radical (unpaired) electrons. The Morgan fingerprint density at radius 3 is 2.65 bits per heavy atom. The number of methoxy groups -OCH3 is 1. The number of rotatable bonds is 8. The van der Waals surface area contributed by atoms with Gasteiger partial charge in [-0.25, -0.2) is 4.99 Å². The molecule has 1 atom stereocenters. The summed E-state index contributed by atoms with van der Waals surface area (Å²) in [6.45, 7) is 11.2. The zero-order valence-electron chi connectivity index (χ0n) is 18.7. The molecule has 1 N–H and O–H groups in total. The van der Waals surface area contributed by atoms with Crippen LogP contribution in [0.5, 0.6) is 5.75 Å². The van der Waals surface area contributed by atoms with Crippen LogP contribution in [-0.2, 0) is 11.3 Å². The molecule has 1 aromatic heterocycles. The number of piperazine rings is 1. The number of nitrogens with one attached hydrogen (secondary N) is 1. The van der Waals surface area contributed by atoms with Crippen molar-refractivity contribution in [3.8, 4) is 5.75 Å². The summed E-state index contributed by atoms with van der Waals surface area (Å²) in [6.07, 6.45) is -0.187. The fraction of sp³-hybridized carbons (Fsp3) is 0.571. The average Bonchev–Trinajstić information content (AvgIpc) is 3.26. The number of guanidine groups is 1. The minimum absolute atomic E-state index is 0. The number of hydrogen-bond acceptors (Lipinski definition) is 7. The lowest BCUT2D eigenvalue weighted by Crippen LogP contribution is -2.52. The number of halogens is 1. The third-order valence-electron chi connectivity index (χ3n) is 4.97. The maximum atomic E-state index is 5.51. The van der Waals surface area contributed by atoms with Crippen molar-refractivity contribution in [3.05, 3.63) is 36.0 Å². The van der Waals surface area contributed by atoms with E-state index in [1.807, 2.05) is 32.0 Å². The van der Waals surface area contributed by atoms with E-state index in [0.29, 0.717) is 24.9 Å². The first-order valence-electron chi connectivity index (χ1n) is 10.5. The number of ether oxygens (including phenoxy) is 2. The van der Waals surface area contributed by atoms with E-state index in [1.165, 1.54) is 0 Å². The van der Waals surface area contributed by atoms with E-state index in [2.05, 4.69) is 38.2 Å². The second-order valence-electron chi connectivity index (χ2n) is 6.96. The Balaban J connectivity index is 0.00000341. The van der Waals surface area contributed by atoms with Gasteiger partial charge < -0.3 is 29.1 Å². The van der Waals surface area contributed by atoms with E-state index >= 15 is 0 Å². The van der Waals surface area contributed by atoms with E-state index in [9.17, 15) is 0 Å². The minimum Gasteiger partial charge on any atom is -0.495 e. The van der Waals surface area contributed by atoms with Crippen LogP contribution in [0.15, 0.2) is 33.8 Å². The molecule has 1 aliphatic rings. The highest BCUT2D eigenvalue weighted by Gasteiger charge is 2.22. The molecule has 0 spiro atoms. The number of benzene rings is 1. The molecule has 0 amide bonds. The monoisotopic (exact) mass is 544 g/mol. The molecule has 1 aliphatic heterocycles. The van der Waals surface area contributed by atoms with Crippen LogP contribution in [-0.4, -0.2) is 67.4 Å². The van der Waals surface area contributed by atoms with Gasteiger partial charge in [-0.2, -0.15) is 4.98 Å². The van der Waals surface area contributed by atoms with Gasteiger partial charge in [0.1, 0.15) is 18.4 Å². The van der Waals surface area contributed by atoms with Gasteiger partial charge in [0.25, 0.3) is 0 Å². The summed E-state index contributed by atoms with van der Waals surface area (Å²) < 4.78 is 16.3. The van der Waals surface area contributed by atoms with Gasteiger partial charge in [-0.05, 0) is 32.9 Å². The molecule has 0 aliphatic carbocycles. The number of anilines is 1. The zero-order chi connectivity index (χ0) is 21.3. The Bertz CT molecular complexity index is 823. The standard InChI is InChI=1S/C21H32N6O3.HI/c1-5-22-21(23-15-19-24-20(25-30-19)16(3)29-6-2)27-13-11-26(12-14-27)17-9-7-8-10-18(17)28-4;/h7-10,16H,5-6,11-15H2,1-4H3,(H,22,23);1H. The number of para-hydroxylation sites is 2. The second-order valence-corrected chi connectivity index (χ2v) is 6.96. The topological polar surface area (TPSA) is 88.2 Å². The Labute approximate surface area is 201 Å². The highest BCUT2D eigenvalue weighted by Crippen LogP contribution is 2.28. The predicted octanol–water partition coefficient (Wildman–Crippen LogP) is 3.08. The van der Waals surface area contributed by atoms with E-state index in [1.54, 1.807) is 7.11 Å². The molecule has 1 fully saturated rings. The van der Waals surface area contributed by atoms with Crippen molar-refractivity contribution in [1.82, 2.24) is 20.4 Å². The number of aliphatic imine (C=N–C) groups is 1. The molecule has 31 heavy (non-hydrogen) atoms. The summed E-state index contributed by atoms with van der Waals surface area (Å²) >= 11 is 0. The maximum Gasteiger partial charge on any atom is 0.248 e. The van der Waals surface area contributed by atoms with Crippen LogP contribution in [0.2, 0.25) is 0 Å². The van der Waals surface area contributed by atoms with Gasteiger partial charge in [-0.1, -0.05) is 17.3 Å². The van der Waals surface area contributed by atoms with Crippen LogP contribution >= 0.6 is 24.0 Å². The average molecular weight is 544 g/mol. The second kappa shape index (κ2) is 12.7. The number of hydrogen-bond donors (Lipinski definition) is 1.